The van der Waals surface area contributed by atoms with Crippen LogP contribution in [0, 0.1) is 0 Å². The Kier molecular flexibility index (Phi) is 5.17. The van der Waals surface area contributed by atoms with Gasteiger partial charge in [-0.05, 0) is 18.2 Å². The molecule has 0 saturated carbocycles. The Hall–Kier alpha value is -1.90. The monoisotopic (exact) mass is 385 g/mol. The maximum atomic E-state index is 12.5. The third kappa shape index (κ3) is 3.77. The molecule has 124 valence electrons. The number of thiazole rings is 1. The molecule has 24 heavy (non-hydrogen) atoms. The summed E-state index contributed by atoms with van der Waals surface area (Å²) in [4.78, 5) is 17.2. The second-order valence-corrected chi connectivity index (χ2v) is 6.80. The number of alkyl halides is 2. The number of carbonyl (C=O) groups is 1. The van der Waals surface area contributed by atoms with Crippen molar-refractivity contribution in [2.45, 2.75) is 10.7 Å². The lowest BCUT2D eigenvalue weighted by Crippen LogP contribution is -2.08. The second kappa shape index (κ2) is 7.33. The highest BCUT2D eigenvalue weighted by Crippen LogP contribution is 2.31. The summed E-state index contributed by atoms with van der Waals surface area (Å²) in [5.74, 6) is -3.00. The van der Waals surface area contributed by atoms with Crippen LogP contribution in [-0.2, 0) is 4.79 Å². The number of carbonyl (C=O) groups excluding carboxylic acids is 1. The molecule has 3 rings (SSSR count). The van der Waals surface area contributed by atoms with E-state index in [1.807, 2.05) is 5.38 Å². The number of benzene rings is 1. The third-order valence-corrected chi connectivity index (χ3v) is 4.83. The van der Waals surface area contributed by atoms with Gasteiger partial charge in [0.05, 0.1) is 11.4 Å². The molecule has 0 atom stereocenters. The zero-order valence-corrected chi connectivity index (χ0v) is 14.3. The molecular formula is C15H10ClF2N3OS2. The molecule has 0 unspecified atom stereocenters. The fraction of sp³-hybridized carbons (Fsp3) is 0.0667. The number of imidazole rings is 1. The third-order valence-electron chi connectivity index (χ3n) is 3.01. The Morgan fingerprint density at radius 1 is 1.42 bits per heavy atom. The summed E-state index contributed by atoms with van der Waals surface area (Å²) >= 11 is 7.85. The van der Waals surface area contributed by atoms with Crippen molar-refractivity contribution in [1.29, 1.82) is 0 Å². The van der Waals surface area contributed by atoms with Crippen molar-refractivity contribution in [1.82, 2.24) is 9.38 Å². The van der Waals surface area contributed by atoms with Gasteiger partial charge in [-0.1, -0.05) is 35.5 Å². The maximum absolute atomic E-state index is 12.5. The van der Waals surface area contributed by atoms with E-state index < -0.39 is 11.7 Å². The van der Waals surface area contributed by atoms with E-state index in [2.05, 4.69) is 10.3 Å². The number of hydrogen-bond acceptors (Lipinski definition) is 4. The fourth-order valence-electron chi connectivity index (χ4n) is 2.02. The van der Waals surface area contributed by atoms with Gasteiger partial charge in [-0.25, -0.2) is 4.98 Å². The van der Waals surface area contributed by atoms with Crippen LogP contribution < -0.4 is 5.32 Å². The van der Waals surface area contributed by atoms with E-state index in [1.54, 1.807) is 28.8 Å². The van der Waals surface area contributed by atoms with Crippen LogP contribution in [0.3, 0.4) is 0 Å². The quantitative estimate of drug-likeness (QED) is 0.495. The topological polar surface area (TPSA) is 46.4 Å². The van der Waals surface area contributed by atoms with E-state index in [1.165, 1.54) is 29.6 Å². The Morgan fingerprint density at radius 3 is 3.00 bits per heavy atom. The number of thioether (sulfide) groups is 1. The van der Waals surface area contributed by atoms with Crippen LogP contribution in [0.2, 0.25) is 5.15 Å². The number of aromatic nitrogens is 2. The van der Waals surface area contributed by atoms with Gasteiger partial charge in [0.1, 0.15) is 0 Å². The van der Waals surface area contributed by atoms with Crippen LogP contribution in [0.5, 0.6) is 0 Å². The summed E-state index contributed by atoms with van der Waals surface area (Å²) in [6, 6.07) is 6.39. The molecule has 9 heteroatoms. The van der Waals surface area contributed by atoms with Crippen molar-refractivity contribution >= 4 is 57.3 Å². The molecule has 0 aliphatic heterocycles. The van der Waals surface area contributed by atoms with Gasteiger partial charge in [0.25, 0.3) is 5.76 Å². The van der Waals surface area contributed by atoms with E-state index >= 15 is 0 Å². The summed E-state index contributed by atoms with van der Waals surface area (Å²) in [7, 11) is 0. The minimum atomic E-state index is -2.56. The standard InChI is InChI=1S/C15H10ClF2N3OS2/c16-13-10(21-7-8-23-15(21)20-13)5-6-12(22)19-9-3-1-2-4-11(9)24-14(17)18/h1-8,14H,(H,19,22)/b6-5+. The van der Waals surface area contributed by atoms with Crippen LogP contribution in [0.1, 0.15) is 5.69 Å². The van der Waals surface area contributed by atoms with E-state index in [0.717, 1.165) is 4.96 Å². The minimum absolute atomic E-state index is 0.291. The molecule has 3 aromatic rings. The Morgan fingerprint density at radius 2 is 2.21 bits per heavy atom. The van der Waals surface area contributed by atoms with Gasteiger partial charge in [-0.2, -0.15) is 8.78 Å². The van der Waals surface area contributed by atoms with Gasteiger partial charge in [0.2, 0.25) is 5.91 Å². The predicted octanol–water partition coefficient (Wildman–Crippen LogP) is 5.02. The number of nitrogens with zero attached hydrogens (tertiary/aromatic N) is 2. The molecule has 1 aromatic carbocycles. The Balaban J connectivity index is 1.76. The van der Waals surface area contributed by atoms with Crippen molar-refractivity contribution in [3.63, 3.8) is 0 Å². The van der Waals surface area contributed by atoms with Crippen molar-refractivity contribution in [2.75, 3.05) is 5.32 Å². The number of anilines is 1. The zero-order chi connectivity index (χ0) is 17.1. The summed E-state index contributed by atoms with van der Waals surface area (Å²) in [5.41, 5.74) is 0.913. The highest BCUT2D eigenvalue weighted by Gasteiger charge is 2.12. The molecule has 0 aliphatic rings. The smallest absolute Gasteiger partial charge is 0.288 e. The van der Waals surface area contributed by atoms with Crippen LogP contribution in [0.25, 0.3) is 11.0 Å². The number of amides is 1. The van der Waals surface area contributed by atoms with E-state index in [-0.39, 0.29) is 0 Å². The lowest BCUT2D eigenvalue weighted by Gasteiger charge is -2.08. The zero-order valence-electron chi connectivity index (χ0n) is 11.9. The molecule has 2 aromatic heterocycles. The van der Waals surface area contributed by atoms with Crippen molar-refractivity contribution < 1.29 is 13.6 Å². The molecule has 0 radical (unpaired) electrons. The van der Waals surface area contributed by atoms with Crippen LogP contribution in [0.4, 0.5) is 14.5 Å². The summed E-state index contributed by atoms with van der Waals surface area (Å²) in [6.07, 6.45) is 4.62. The molecule has 0 aliphatic carbocycles. The van der Waals surface area contributed by atoms with Crippen molar-refractivity contribution in [3.05, 3.63) is 52.8 Å². The van der Waals surface area contributed by atoms with Gasteiger partial charge in [-0.3, -0.25) is 9.20 Å². The first kappa shape index (κ1) is 16.9. The number of para-hydroxylation sites is 1. The Labute approximate surface area is 149 Å². The summed E-state index contributed by atoms with van der Waals surface area (Å²) in [6.45, 7) is 0. The second-order valence-electron chi connectivity index (χ2n) is 4.54. The average molecular weight is 386 g/mol. The van der Waals surface area contributed by atoms with Gasteiger partial charge < -0.3 is 5.32 Å². The van der Waals surface area contributed by atoms with Crippen LogP contribution in [-0.4, -0.2) is 21.0 Å². The normalized spacial score (nSPS) is 11.7. The number of halogens is 3. The van der Waals surface area contributed by atoms with Gasteiger partial charge in [-0.15, -0.1) is 11.3 Å². The highest BCUT2D eigenvalue weighted by atomic mass is 35.5. The lowest BCUT2D eigenvalue weighted by molar-refractivity contribution is -0.111. The van der Waals surface area contributed by atoms with Gasteiger partial charge >= 0.3 is 0 Å². The molecule has 1 N–H and O–H groups in total. The number of nitrogens with one attached hydrogen (secondary N) is 1. The molecule has 0 saturated heterocycles. The molecule has 0 bridgehead atoms. The van der Waals surface area contributed by atoms with Crippen molar-refractivity contribution in [3.8, 4) is 0 Å². The van der Waals surface area contributed by atoms with Crippen LogP contribution >= 0.6 is 34.7 Å². The number of fused-ring (bicyclic) bond motifs is 1. The van der Waals surface area contributed by atoms with E-state index in [4.69, 9.17) is 11.6 Å². The molecule has 4 nitrogen and oxygen atoms in total. The number of hydrogen-bond donors (Lipinski definition) is 1. The highest BCUT2D eigenvalue weighted by molar-refractivity contribution is 7.99. The summed E-state index contributed by atoms with van der Waals surface area (Å²) < 4.78 is 26.9. The minimum Gasteiger partial charge on any atom is -0.321 e. The Bertz CT molecular complexity index is 907. The van der Waals surface area contributed by atoms with Gasteiger partial charge in [0.15, 0.2) is 10.1 Å². The van der Waals surface area contributed by atoms with E-state index in [9.17, 15) is 13.6 Å². The first-order chi connectivity index (χ1) is 11.5. The fourth-order valence-corrected chi connectivity index (χ4v) is 3.62. The molecule has 2 heterocycles. The molecular weight excluding hydrogens is 376 g/mol. The summed E-state index contributed by atoms with van der Waals surface area (Å²) in [5, 5.41) is 4.74. The first-order valence-electron chi connectivity index (χ1n) is 6.68. The largest absolute Gasteiger partial charge is 0.321 e. The SMILES string of the molecule is O=C(/C=C/c1c(Cl)nc2sccn12)Nc1ccccc1SC(F)F. The molecule has 0 fully saturated rings. The van der Waals surface area contributed by atoms with Gasteiger partial charge in [0, 0.05) is 22.5 Å². The molecule has 0 spiro atoms. The predicted molar refractivity (Wildman–Crippen MR) is 94.0 cm³/mol. The average Bonchev–Trinajstić information content (AvgIpc) is 3.07. The number of rotatable bonds is 5. The first-order valence-corrected chi connectivity index (χ1v) is 8.82. The molecule has 1 amide bonds. The van der Waals surface area contributed by atoms with Crippen LogP contribution in [0.15, 0.2) is 46.8 Å². The van der Waals surface area contributed by atoms with Crippen molar-refractivity contribution in [2.24, 2.45) is 0 Å². The van der Waals surface area contributed by atoms with E-state index in [0.29, 0.717) is 33.2 Å². The maximum Gasteiger partial charge on any atom is 0.288 e. The lowest BCUT2D eigenvalue weighted by atomic mass is 10.3.